The van der Waals surface area contributed by atoms with Gasteiger partial charge in [-0.3, -0.25) is 0 Å². The second-order valence-electron chi connectivity index (χ2n) is 5.39. The number of nitrogens with zero attached hydrogens (tertiary/aromatic N) is 3. The summed E-state index contributed by atoms with van der Waals surface area (Å²) in [6, 6.07) is 15.2. The van der Waals surface area contributed by atoms with Crippen LogP contribution in [0.3, 0.4) is 0 Å². The summed E-state index contributed by atoms with van der Waals surface area (Å²) in [4.78, 5) is 8.77. The Bertz CT molecular complexity index is 1010. The number of hydrogen-bond acceptors (Lipinski definition) is 4. The van der Waals surface area contributed by atoms with Crippen molar-refractivity contribution in [3.8, 4) is 11.3 Å². The largest absolute Gasteiger partial charge is 0.439 e. The lowest BCUT2D eigenvalue weighted by atomic mass is 10.2. The number of oxazole rings is 1. The molecule has 24 heavy (non-hydrogen) atoms. The maximum atomic E-state index is 9.56. The predicted octanol–water partition coefficient (Wildman–Crippen LogP) is 3.89. The van der Waals surface area contributed by atoms with Gasteiger partial charge in [0, 0.05) is 10.6 Å². The Hall–Kier alpha value is -2.63. The minimum Gasteiger partial charge on any atom is -0.439 e. The molecular formula is C18H14ClN3O2. The number of fused-ring (bicyclic) bond motifs is 1. The summed E-state index contributed by atoms with van der Waals surface area (Å²) in [5, 5.41) is 10.2. The zero-order valence-electron chi connectivity index (χ0n) is 12.7. The lowest BCUT2D eigenvalue weighted by molar-refractivity contribution is 0.266. The lowest BCUT2D eigenvalue weighted by Gasteiger charge is -2.04. The molecule has 0 aliphatic heterocycles. The molecule has 4 rings (SSSR count). The van der Waals surface area contributed by atoms with Crippen molar-refractivity contribution in [2.45, 2.75) is 13.2 Å². The quantitative estimate of drug-likeness (QED) is 0.612. The van der Waals surface area contributed by atoms with Crippen LogP contribution >= 0.6 is 11.6 Å². The van der Waals surface area contributed by atoms with E-state index < -0.39 is 0 Å². The van der Waals surface area contributed by atoms with Crippen molar-refractivity contribution < 1.29 is 9.52 Å². The third kappa shape index (κ3) is 2.68. The summed E-state index contributed by atoms with van der Waals surface area (Å²) >= 11 is 6.02. The second kappa shape index (κ2) is 6.11. The number of hydrogen-bond donors (Lipinski definition) is 1. The number of imidazole rings is 1. The first kappa shape index (κ1) is 14.9. The highest BCUT2D eigenvalue weighted by Crippen LogP contribution is 2.24. The van der Waals surface area contributed by atoms with Crippen LogP contribution in [0.1, 0.15) is 11.7 Å². The molecule has 0 atom stereocenters. The van der Waals surface area contributed by atoms with Gasteiger partial charge in [0.25, 0.3) is 0 Å². The van der Waals surface area contributed by atoms with Gasteiger partial charge in [-0.1, -0.05) is 35.9 Å². The van der Waals surface area contributed by atoms with E-state index in [2.05, 4.69) is 9.97 Å². The molecule has 120 valence electrons. The van der Waals surface area contributed by atoms with Crippen molar-refractivity contribution in [1.82, 2.24) is 14.5 Å². The summed E-state index contributed by atoms with van der Waals surface area (Å²) in [5.41, 5.74) is 2.64. The molecule has 1 N–H and O–H groups in total. The number of halogens is 1. The van der Waals surface area contributed by atoms with E-state index in [0.29, 0.717) is 29.0 Å². The van der Waals surface area contributed by atoms with E-state index in [0.717, 1.165) is 16.6 Å². The average Bonchev–Trinajstić information content (AvgIpc) is 3.20. The highest BCUT2D eigenvalue weighted by atomic mass is 35.5. The van der Waals surface area contributed by atoms with Gasteiger partial charge in [-0.2, -0.15) is 0 Å². The molecule has 2 heterocycles. The third-order valence-corrected chi connectivity index (χ3v) is 4.07. The van der Waals surface area contributed by atoms with E-state index in [4.69, 9.17) is 16.0 Å². The number of aliphatic hydroxyl groups is 1. The van der Waals surface area contributed by atoms with Crippen LogP contribution in [0.25, 0.3) is 22.4 Å². The number of benzene rings is 2. The third-order valence-electron chi connectivity index (χ3n) is 3.83. The lowest BCUT2D eigenvalue weighted by Crippen LogP contribution is -2.05. The van der Waals surface area contributed by atoms with E-state index in [-0.39, 0.29) is 6.61 Å². The van der Waals surface area contributed by atoms with Gasteiger partial charge < -0.3 is 14.1 Å². The van der Waals surface area contributed by atoms with Crippen LogP contribution in [0.4, 0.5) is 0 Å². The molecule has 0 amide bonds. The molecule has 4 aromatic rings. The summed E-state index contributed by atoms with van der Waals surface area (Å²) in [6.45, 7) is 0.257. The van der Waals surface area contributed by atoms with E-state index >= 15 is 0 Å². The maximum absolute atomic E-state index is 9.56. The minimum absolute atomic E-state index is 0.142. The average molecular weight is 340 g/mol. The van der Waals surface area contributed by atoms with Gasteiger partial charge in [-0.15, -0.1) is 0 Å². The summed E-state index contributed by atoms with van der Waals surface area (Å²) in [5.74, 6) is 1.78. The smallest absolute Gasteiger partial charge is 0.214 e. The summed E-state index contributed by atoms with van der Waals surface area (Å²) in [6.07, 6.45) is 1.68. The molecule has 0 aliphatic carbocycles. The molecule has 0 saturated heterocycles. The zero-order valence-corrected chi connectivity index (χ0v) is 13.4. The molecule has 0 unspecified atom stereocenters. The van der Waals surface area contributed by atoms with Gasteiger partial charge in [-0.05, 0) is 24.3 Å². The molecule has 2 aromatic carbocycles. The van der Waals surface area contributed by atoms with Crippen LogP contribution < -0.4 is 0 Å². The van der Waals surface area contributed by atoms with Crippen LogP contribution in [-0.2, 0) is 13.2 Å². The van der Waals surface area contributed by atoms with E-state index in [1.807, 2.05) is 53.1 Å². The van der Waals surface area contributed by atoms with Crippen LogP contribution in [-0.4, -0.2) is 19.6 Å². The number of aromatic nitrogens is 3. The molecule has 0 radical (unpaired) electrons. The maximum Gasteiger partial charge on any atom is 0.214 e. The Balaban J connectivity index is 1.70. The highest BCUT2D eigenvalue weighted by Gasteiger charge is 2.13. The first-order valence-electron chi connectivity index (χ1n) is 7.50. The van der Waals surface area contributed by atoms with Crippen LogP contribution in [0, 0.1) is 0 Å². The minimum atomic E-state index is -0.142. The summed E-state index contributed by atoms with van der Waals surface area (Å²) < 4.78 is 7.75. The molecule has 0 aliphatic rings. The Kier molecular flexibility index (Phi) is 3.80. The molecule has 5 nitrogen and oxygen atoms in total. The normalized spacial score (nSPS) is 11.2. The van der Waals surface area contributed by atoms with Crippen LogP contribution in [0.15, 0.2) is 59.1 Å². The van der Waals surface area contributed by atoms with Gasteiger partial charge in [0.15, 0.2) is 5.76 Å². The predicted molar refractivity (Wildman–Crippen MR) is 91.7 cm³/mol. The first-order chi connectivity index (χ1) is 11.7. The number of rotatable bonds is 4. The highest BCUT2D eigenvalue weighted by molar-refractivity contribution is 6.30. The Morgan fingerprint density at radius 2 is 2.00 bits per heavy atom. The molecule has 0 fully saturated rings. The molecule has 6 heteroatoms. The van der Waals surface area contributed by atoms with Crippen LogP contribution in [0.2, 0.25) is 5.02 Å². The Morgan fingerprint density at radius 3 is 2.83 bits per heavy atom. The first-order valence-corrected chi connectivity index (χ1v) is 7.88. The number of para-hydroxylation sites is 2. The second-order valence-corrected chi connectivity index (χ2v) is 5.83. The Morgan fingerprint density at radius 1 is 1.12 bits per heavy atom. The van der Waals surface area contributed by atoms with Crippen molar-refractivity contribution in [1.29, 1.82) is 0 Å². The molecule has 0 bridgehead atoms. The van der Waals surface area contributed by atoms with Gasteiger partial charge in [0.1, 0.15) is 19.0 Å². The van der Waals surface area contributed by atoms with E-state index in [1.165, 1.54) is 0 Å². The van der Waals surface area contributed by atoms with Crippen molar-refractivity contribution in [3.63, 3.8) is 0 Å². The van der Waals surface area contributed by atoms with Gasteiger partial charge in [0.05, 0.1) is 17.2 Å². The van der Waals surface area contributed by atoms with Gasteiger partial charge in [0.2, 0.25) is 5.89 Å². The number of aliphatic hydroxyl groups excluding tert-OH is 1. The van der Waals surface area contributed by atoms with Crippen molar-refractivity contribution in [3.05, 3.63) is 71.5 Å². The topological polar surface area (TPSA) is 64.1 Å². The Labute approximate surface area is 143 Å². The van der Waals surface area contributed by atoms with Crippen molar-refractivity contribution in [2.24, 2.45) is 0 Å². The van der Waals surface area contributed by atoms with E-state index in [1.54, 1.807) is 6.20 Å². The molecule has 0 saturated carbocycles. The monoisotopic (exact) mass is 339 g/mol. The van der Waals surface area contributed by atoms with E-state index in [9.17, 15) is 5.11 Å². The van der Waals surface area contributed by atoms with Gasteiger partial charge in [-0.25, -0.2) is 9.97 Å². The fourth-order valence-corrected chi connectivity index (χ4v) is 2.91. The fourth-order valence-electron chi connectivity index (χ4n) is 2.72. The molecular weight excluding hydrogens is 326 g/mol. The SMILES string of the molecule is OCc1nc2ccccc2n1Cc1ncc(-c2cccc(Cl)c2)o1. The molecule has 2 aromatic heterocycles. The molecule has 0 spiro atoms. The van der Waals surface area contributed by atoms with Crippen molar-refractivity contribution in [2.75, 3.05) is 0 Å². The van der Waals surface area contributed by atoms with Crippen molar-refractivity contribution >= 4 is 22.6 Å². The fraction of sp³-hybridized carbons (Fsp3) is 0.111. The van der Waals surface area contributed by atoms with Crippen LogP contribution in [0.5, 0.6) is 0 Å². The summed E-state index contributed by atoms with van der Waals surface area (Å²) in [7, 11) is 0. The standard InChI is InChI=1S/C18H14ClN3O2/c19-13-5-3-4-12(8-13)16-9-20-18(24-16)10-22-15-7-2-1-6-14(15)21-17(22)11-23/h1-9,23H,10-11H2. The zero-order chi connectivity index (χ0) is 16.5. The van der Waals surface area contributed by atoms with Gasteiger partial charge >= 0.3 is 0 Å².